The van der Waals surface area contributed by atoms with E-state index in [1.807, 2.05) is 0 Å². The summed E-state index contributed by atoms with van der Waals surface area (Å²) in [5, 5.41) is 15.6. The van der Waals surface area contributed by atoms with Crippen LogP contribution < -0.4 is 0 Å². The minimum absolute atomic E-state index is 0.0724. The Balaban J connectivity index is 1.16. The van der Waals surface area contributed by atoms with Crippen LogP contribution in [0.1, 0.15) is 114 Å². The second kappa shape index (κ2) is 16.0. The van der Waals surface area contributed by atoms with Crippen LogP contribution in [0.25, 0.3) is 11.1 Å². The molecule has 0 atom stereocenters. The van der Waals surface area contributed by atoms with Crippen LogP contribution in [0.5, 0.6) is 0 Å². The molecule has 14 heteroatoms. The molecule has 2 aromatic carbocycles. The van der Waals surface area contributed by atoms with Gasteiger partial charge in [0.1, 0.15) is 11.4 Å². The van der Waals surface area contributed by atoms with E-state index in [2.05, 4.69) is 20.5 Å². The zero-order valence-electron chi connectivity index (χ0n) is 31.4. The number of hydrogen-bond donors (Lipinski definition) is 0. The number of hydrogen-bond acceptors (Lipinski definition) is 6. The molecule has 0 amide bonds. The first kappa shape index (κ1) is 40.4. The molecule has 0 unspecified atom stereocenters. The normalized spacial score (nSPS) is 20.6. The van der Waals surface area contributed by atoms with Crippen molar-refractivity contribution < 1.29 is 35.9 Å². The Bertz CT molecular complexity index is 2150. The second-order valence-electron chi connectivity index (χ2n) is 15.5. The van der Waals surface area contributed by atoms with Gasteiger partial charge in [0.05, 0.1) is 33.6 Å². The number of carbonyl (C=O) groups is 2. The zero-order valence-corrected chi connectivity index (χ0v) is 32.9. The average molecular weight is 840 g/mol. The molecule has 8 rings (SSSR count). The van der Waals surface area contributed by atoms with Gasteiger partial charge in [-0.25, -0.2) is 0 Å². The van der Waals surface area contributed by atoms with Crippen LogP contribution >= 0.6 is 23.2 Å². The van der Waals surface area contributed by atoms with E-state index in [0.29, 0.717) is 63.5 Å². The molecule has 6 aliphatic carbocycles. The van der Waals surface area contributed by atoms with Crippen molar-refractivity contribution in [2.75, 3.05) is 0 Å². The highest BCUT2D eigenvalue weighted by Gasteiger charge is 2.40. The molecule has 6 nitrogen and oxygen atoms in total. The Morgan fingerprint density at radius 2 is 0.724 bits per heavy atom. The molecule has 0 N–H and O–H groups in total. The van der Waals surface area contributed by atoms with Crippen LogP contribution in [-0.4, -0.2) is 11.6 Å². The summed E-state index contributed by atoms with van der Waals surface area (Å²) in [5.74, 6) is 0.145. The molecule has 0 saturated heterocycles. The molecule has 0 heterocycles. The van der Waals surface area contributed by atoms with Crippen molar-refractivity contribution in [3.8, 4) is 11.1 Å². The first-order valence-corrected chi connectivity index (χ1v) is 20.5. The summed E-state index contributed by atoms with van der Waals surface area (Å²) >= 11 is 12.9. The van der Waals surface area contributed by atoms with Crippen molar-refractivity contribution in [3.05, 3.63) is 114 Å². The van der Waals surface area contributed by atoms with Crippen LogP contribution in [0, 0.1) is 0 Å². The summed E-state index contributed by atoms with van der Waals surface area (Å²) in [7, 11) is 0. The highest BCUT2D eigenvalue weighted by atomic mass is 35.5. The van der Waals surface area contributed by atoms with Crippen molar-refractivity contribution in [2.24, 2.45) is 20.5 Å². The fourth-order valence-corrected chi connectivity index (χ4v) is 9.74. The third kappa shape index (κ3) is 7.62. The SMILES string of the molecule is O=C1C2=C(CCCC2)C(=CN=Nc2cc(C(F)(F)F)c(-c3cc(Cl)c(N=NC=C4C5=C(CCCC5)C(=O)C5=C4CCCC5)cc3C(F)(F)F)cc2Cl)C2=C1CCCC2. The van der Waals surface area contributed by atoms with Crippen molar-refractivity contribution in [3.63, 3.8) is 0 Å². The predicted octanol–water partition coefficient (Wildman–Crippen LogP) is 15.3. The number of Topliss-reactive ketones (excluding diaryl/α,β-unsaturated/α-hetero) is 2. The van der Waals surface area contributed by atoms with Gasteiger partial charge in [-0.05, 0) is 160 Å². The first-order chi connectivity index (χ1) is 27.7. The summed E-state index contributed by atoms with van der Waals surface area (Å²) in [6, 6.07) is 2.73. The van der Waals surface area contributed by atoms with E-state index in [4.69, 9.17) is 23.2 Å². The number of benzene rings is 2. The van der Waals surface area contributed by atoms with E-state index >= 15 is 0 Å². The number of allylic oxidation sites excluding steroid dienone is 10. The van der Waals surface area contributed by atoms with Crippen LogP contribution in [0.15, 0.2) is 113 Å². The molecular weight excluding hydrogens is 801 g/mol. The third-order valence-electron chi connectivity index (χ3n) is 12.0. The summed E-state index contributed by atoms with van der Waals surface area (Å²) in [6.45, 7) is 0. The van der Waals surface area contributed by atoms with E-state index in [-0.39, 0.29) is 21.6 Å². The van der Waals surface area contributed by atoms with Gasteiger partial charge in [-0.1, -0.05) is 23.2 Å². The molecule has 0 spiro atoms. The van der Waals surface area contributed by atoms with Crippen molar-refractivity contribution in [1.29, 1.82) is 0 Å². The van der Waals surface area contributed by atoms with E-state index in [1.54, 1.807) is 0 Å². The highest BCUT2D eigenvalue weighted by Crippen LogP contribution is 2.50. The Labute approximate surface area is 341 Å². The van der Waals surface area contributed by atoms with E-state index in [9.17, 15) is 35.9 Å². The Morgan fingerprint density at radius 3 is 1.00 bits per heavy atom. The minimum Gasteiger partial charge on any atom is -0.289 e. The fraction of sp³-hybridized carbons (Fsp3) is 0.409. The van der Waals surface area contributed by atoms with Gasteiger partial charge >= 0.3 is 12.4 Å². The maximum atomic E-state index is 14.7. The van der Waals surface area contributed by atoms with Crippen molar-refractivity contribution in [2.45, 2.75) is 115 Å². The van der Waals surface area contributed by atoms with E-state index in [1.165, 1.54) is 12.4 Å². The molecule has 6 aliphatic rings. The maximum Gasteiger partial charge on any atom is 0.417 e. The number of azo groups is 2. The van der Waals surface area contributed by atoms with Gasteiger partial charge in [0, 0.05) is 33.4 Å². The van der Waals surface area contributed by atoms with Gasteiger partial charge in [0.15, 0.2) is 11.6 Å². The number of nitrogens with zero attached hydrogens (tertiary/aromatic N) is 4. The molecule has 0 saturated carbocycles. The lowest BCUT2D eigenvalue weighted by molar-refractivity contribution is -0.139. The standard InChI is InChI=1S/C44H38Cl2F6N4O2/c45-37-17-31(35(43(47,48)49)19-39(37)55-53-21-33-23-9-1-5-13-27(23)41(57)28-14-6-2-10-24(28)33)32-18-38(46)40(20-36(32)44(50,51)52)56-54-22-34-25-11-3-7-15-29(25)42(58)30-16-8-4-12-26(30)34/h17-22H,1-16H2. The fourth-order valence-electron chi connectivity index (χ4n) is 9.34. The van der Waals surface area contributed by atoms with Gasteiger partial charge in [-0.3, -0.25) is 9.59 Å². The summed E-state index contributed by atoms with van der Waals surface area (Å²) in [6.07, 6.45) is 5.06. The van der Waals surface area contributed by atoms with E-state index in [0.717, 1.165) is 119 Å². The lowest BCUT2D eigenvalue weighted by atomic mass is 9.71. The Morgan fingerprint density at radius 1 is 0.448 bits per heavy atom. The lowest BCUT2D eigenvalue weighted by Gasteiger charge is -2.32. The molecule has 0 aromatic heterocycles. The number of carbonyl (C=O) groups excluding carboxylic acids is 2. The lowest BCUT2D eigenvalue weighted by Crippen LogP contribution is -2.23. The van der Waals surface area contributed by atoms with Gasteiger partial charge in [0.2, 0.25) is 0 Å². The summed E-state index contributed by atoms with van der Waals surface area (Å²) in [4.78, 5) is 26.5. The summed E-state index contributed by atoms with van der Waals surface area (Å²) < 4.78 is 88.3. The topological polar surface area (TPSA) is 83.6 Å². The number of alkyl halides is 6. The molecular formula is C44H38Cl2F6N4O2. The van der Waals surface area contributed by atoms with Crippen LogP contribution in [0.2, 0.25) is 10.0 Å². The molecule has 0 fully saturated rings. The highest BCUT2D eigenvalue weighted by molar-refractivity contribution is 6.34. The monoisotopic (exact) mass is 838 g/mol. The molecule has 0 bridgehead atoms. The van der Waals surface area contributed by atoms with Crippen LogP contribution in [0.3, 0.4) is 0 Å². The Hall–Kier alpha value is -4.42. The number of ketones is 2. The average Bonchev–Trinajstić information content (AvgIpc) is 3.20. The minimum atomic E-state index is -5.13. The van der Waals surface area contributed by atoms with Crippen LogP contribution in [0.4, 0.5) is 37.7 Å². The van der Waals surface area contributed by atoms with Crippen molar-refractivity contribution in [1.82, 2.24) is 0 Å². The first-order valence-electron chi connectivity index (χ1n) is 19.7. The molecule has 0 aliphatic heterocycles. The molecule has 2 aromatic rings. The number of halogens is 8. The van der Waals surface area contributed by atoms with Crippen molar-refractivity contribution >= 4 is 46.1 Å². The molecule has 302 valence electrons. The largest absolute Gasteiger partial charge is 0.417 e. The zero-order chi connectivity index (χ0) is 40.9. The van der Waals surface area contributed by atoms with Gasteiger partial charge < -0.3 is 0 Å². The van der Waals surface area contributed by atoms with Gasteiger partial charge in [0.25, 0.3) is 0 Å². The van der Waals surface area contributed by atoms with Gasteiger partial charge in [-0.15, -0.1) is 10.2 Å². The summed E-state index contributed by atoms with van der Waals surface area (Å²) in [5.41, 5.74) is 2.77. The molecule has 0 radical (unpaired) electrons. The number of rotatable bonds is 5. The van der Waals surface area contributed by atoms with Gasteiger partial charge in [-0.2, -0.15) is 36.6 Å². The maximum absolute atomic E-state index is 14.7. The second-order valence-corrected chi connectivity index (χ2v) is 16.3. The smallest absolute Gasteiger partial charge is 0.289 e. The molecule has 58 heavy (non-hydrogen) atoms. The van der Waals surface area contributed by atoms with Crippen LogP contribution in [-0.2, 0) is 21.9 Å². The van der Waals surface area contributed by atoms with E-state index < -0.39 is 46.0 Å². The Kier molecular flexibility index (Phi) is 11.1. The quantitative estimate of drug-likeness (QED) is 0.222. The predicted molar refractivity (Wildman–Crippen MR) is 209 cm³/mol. The third-order valence-corrected chi connectivity index (χ3v) is 12.7.